The van der Waals surface area contributed by atoms with E-state index in [2.05, 4.69) is 11.9 Å². The number of halogens is 1. The third-order valence-electron chi connectivity index (χ3n) is 6.01. The molecular weight excluding hydrogens is 257 g/mol. The maximum Gasteiger partial charge on any atom is 0.309 e. The van der Waals surface area contributed by atoms with Gasteiger partial charge in [-0.25, -0.2) is 4.39 Å². The van der Waals surface area contributed by atoms with E-state index in [4.69, 9.17) is 4.74 Å². The molecule has 3 aliphatic rings. The predicted octanol–water partition coefficient (Wildman–Crippen LogP) is 2.64. The van der Waals surface area contributed by atoms with Gasteiger partial charge in [0.05, 0.1) is 13.0 Å². The minimum atomic E-state index is -0.620. The maximum atomic E-state index is 13.4. The van der Waals surface area contributed by atoms with Gasteiger partial charge in [-0.15, -0.1) is 0 Å². The highest BCUT2D eigenvalue weighted by atomic mass is 19.1. The number of likely N-dealkylation sites (tertiary alicyclic amines) is 1. The van der Waals surface area contributed by atoms with Crippen molar-refractivity contribution in [3.05, 3.63) is 0 Å². The Balaban J connectivity index is 1.78. The molecule has 2 aliphatic carbocycles. The number of carbonyl (C=O) groups is 1. The molecule has 2 saturated carbocycles. The average molecular weight is 283 g/mol. The fourth-order valence-corrected chi connectivity index (χ4v) is 4.97. The molecule has 3 fully saturated rings. The van der Waals surface area contributed by atoms with Crippen molar-refractivity contribution in [3.8, 4) is 0 Å². The lowest BCUT2D eigenvalue weighted by atomic mass is 9.64. The van der Waals surface area contributed by atoms with Gasteiger partial charge in [-0.2, -0.15) is 0 Å². The molecule has 0 spiro atoms. The molecule has 2 bridgehead atoms. The number of alkyl halides is 1. The standard InChI is InChI=1S/C16H26FNO2/c1-18-9-11-7-13(18)8-14(15(11)16(19)20-2)10-3-5-12(17)6-4-10/h10-15H,3-9H2,1-2H3. The van der Waals surface area contributed by atoms with E-state index < -0.39 is 6.17 Å². The molecule has 4 unspecified atom stereocenters. The number of methoxy groups -OCH3 is 1. The normalized spacial score (nSPS) is 45.4. The highest BCUT2D eigenvalue weighted by Crippen LogP contribution is 2.48. The van der Waals surface area contributed by atoms with E-state index in [0.717, 1.165) is 32.2 Å². The van der Waals surface area contributed by atoms with Crippen molar-refractivity contribution in [3.63, 3.8) is 0 Å². The predicted molar refractivity (Wildman–Crippen MR) is 75.0 cm³/mol. The molecule has 114 valence electrons. The van der Waals surface area contributed by atoms with Crippen LogP contribution in [0.5, 0.6) is 0 Å². The molecule has 3 nitrogen and oxygen atoms in total. The summed E-state index contributed by atoms with van der Waals surface area (Å²) < 4.78 is 18.5. The van der Waals surface area contributed by atoms with Crippen LogP contribution in [0, 0.1) is 23.7 Å². The van der Waals surface area contributed by atoms with Crippen molar-refractivity contribution in [2.45, 2.75) is 50.7 Å². The van der Waals surface area contributed by atoms with Crippen LogP contribution in [0.1, 0.15) is 38.5 Å². The third-order valence-corrected chi connectivity index (χ3v) is 6.01. The summed E-state index contributed by atoms with van der Waals surface area (Å²) in [6.07, 6.45) is 4.86. The molecule has 4 heteroatoms. The van der Waals surface area contributed by atoms with Gasteiger partial charge in [-0.1, -0.05) is 0 Å². The first-order valence-electron chi connectivity index (χ1n) is 8.02. The number of ether oxygens (including phenoxy) is 1. The zero-order valence-corrected chi connectivity index (χ0v) is 12.6. The van der Waals surface area contributed by atoms with Crippen LogP contribution in [-0.4, -0.2) is 43.8 Å². The molecule has 0 aromatic rings. The largest absolute Gasteiger partial charge is 0.469 e. The smallest absolute Gasteiger partial charge is 0.309 e. The van der Waals surface area contributed by atoms with E-state index in [1.165, 1.54) is 7.11 Å². The number of fused-ring (bicyclic) bond motifs is 2. The molecule has 0 N–H and O–H groups in total. The highest BCUT2D eigenvalue weighted by Gasteiger charge is 2.50. The third kappa shape index (κ3) is 2.47. The second-order valence-electron chi connectivity index (χ2n) is 7.05. The summed E-state index contributed by atoms with van der Waals surface area (Å²) in [5, 5.41) is 0. The molecule has 1 saturated heterocycles. The molecule has 1 heterocycles. The van der Waals surface area contributed by atoms with Crippen LogP contribution >= 0.6 is 0 Å². The van der Waals surface area contributed by atoms with Crippen LogP contribution in [0.3, 0.4) is 0 Å². The lowest BCUT2D eigenvalue weighted by Gasteiger charge is -2.41. The molecule has 0 aromatic carbocycles. The number of rotatable bonds is 2. The number of carbonyl (C=O) groups excluding carboxylic acids is 1. The van der Waals surface area contributed by atoms with Crippen LogP contribution in [0.15, 0.2) is 0 Å². The van der Waals surface area contributed by atoms with Gasteiger partial charge < -0.3 is 9.64 Å². The number of nitrogens with zero attached hydrogens (tertiary/aromatic N) is 1. The topological polar surface area (TPSA) is 29.5 Å². The van der Waals surface area contributed by atoms with E-state index in [0.29, 0.717) is 36.6 Å². The zero-order chi connectivity index (χ0) is 14.3. The Hall–Kier alpha value is -0.640. The molecule has 0 amide bonds. The van der Waals surface area contributed by atoms with Crippen molar-refractivity contribution in [2.75, 3.05) is 20.7 Å². The quantitative estimate of drug-likeness (QED) is 0.730. The minimum Gasteiger partial charge on any atom is -0.469 e. The lowest BCUT2D eigenvalue weighted by Crippen LogP contribution is -2.41. The van der Waals surface area contributed by atoms with Gasteiger partial charge in [0.15, 0.2) is 0 Å². The molecule has 3 rings (SSSR count). The van der Waals surface area contributed by atoms with Gasteiger partial charge in [-0.05, 0) is 63.3 Å². The Morgan fingerprint density at radius 1 is 1.15 bits per heavy atom. The van der Waals surface area contributed by atoms with Crippen molar-refractivity contribution < 1.29 is 13.9 Å². The van der Waals surface area contributed by atoms with E-state index in [1.54, 1.807) is 0 Å². The van der Waals surface area contributed by atoms with Crippen molar-refractivity contribution >= 4 is 5.97 Å². The Labute approximate surface area is 120 Å². The van der Waals surface area contributed by atoms with Gasteiger partial charge in [0, 0.05) is 12.6 Å². The SMILES string of the molecule is COC(=O)C1C2CC(CC1C1CCC(F)CC1)N(C)C2. The van der Waals surface area contributed by atoms with Gasteiger partial charge in [0.1, 0.15) is 6.17 Å². The molecule has 0 radical (unpaired) electrons. The van der Waals surface area contributed by atoms with Crippen molar-refractivity contribution in [1.82, 2.24) is 4.90 Å². The van der Waals surface area contributed by atoms with Crippen LogP contribution < -0.4 is 0 Å². The van der Waals surface area contributed by atoms with E-state index >= 15 is 0 Å². The molecular formula is C16H26FNO2. The van der Waals surface area contributed by atoms with Gasteiger partial charge in [0.2, 0.25) is 0 Å². The van der Waals surface area contributed by atoms with Gasteiger partial charge >= 0.3 is 5.97 Å². The molecule has 0 aromatic heterocycles. The Kier molecular flexibility index (Phi) is 4.02. The Morgan fingerprint density at radius 2 is 1.85 bits per heavy atom. The van der Waals surface area contributed by atoms with Gasteiger partial charge in [0.25, 0.3) is 0 Å². The Bertz CT molecular complexity index is 365. The van der Waals surface area contributed by atoms with E-state index in [-0.39, 0.29) is 11.9 Å². The van der Waals surface area contributed by atoms with Crippen LogP contribution in [0.4, 0.5) is 4.39 Å². The van der Waals surface area contributed by atoms with Gasteiger partial charge in [-0.3, -0.25) is 4.79 Å². The number of hydrogen-bond acceptors (Lipinski definition) is 3. The van der Waals surface area contributed by atoms with Crippen LogP contribution in [0.2, 0.25) is 0 Å². The molecule has 20 heavy (non-hydrogen) atoms. The first-order valence-corrected chi connectivity index (χ1v) is 8.02. The molecule has 1 aliphatic heterocycles. The minimum absolute atomic E-state index is 0.0314. The van der Waals surface area contributed by atoms with E-state index in [9.17, 15) is 9.18 Å². The fourth-order valence-electron chi connectivity index (χ4n) is 4.97. The summed E-state index contributed by atoms with van der Waals surface area (Å²) in [5.74, 6) is 1.38. The summed E-state index contributed by atoms with van der Waals surface area (Å²) in [5.41, 5.74) is 0. The van der Waals surface area contributed by atoms with Crippen LogP contribution in [-0.2, 0) is 9.53 Å². The first kappa shape index (κ1) is 14.3. The molecule has 4 atom stereocenters. The second-order valence-corrected chi connectivity index (χ2v) is 7.05. The Morgan fingerprint density at radius 3 is 2.50 bits per heavy atom. The summed E-state index contributed by atoms with van der Waals surface area (Å²) in [6, 6.07) is 0.619. The average Bonchev–Trinajstić information content (AvgIpc) is 2.74. The number of esters is 1. The maximum absolute atomic E-state index is 13.4. The van der Waals surface area contributed by atoms with Crippen LogP contribution in [0.25, 0.3) is 0 Å². The van der Waals surface area contributed by atoms with Crippen molar-refractivity contribution in [1.29, 1.82) is 0 Å². The van der Waals surface area contributed by atoms with Crippen molar-refractivity contribution in [2.24, 2.45) is 23.7 Å². The highest BCUT2D eigenvalue weighted by molar-refractivity contribution is 5.73. The monoisotopic (exact) mass is 283 g/mol. The summed E-state index contributed by atoms with van der Waals surface area (Å²) >= 11 is 0. The van der Waals surface area contributed by atoms with E-state index in [1.807, 2.05) is 0 Å². The second kappa shape index (κ2) is 5.63. The summed E-state index contributed by atoms with van der Waals surface area (Å²) in [6.45, 7) is 1.01. The fraction of sp³-hybridized carbons (Fsp3) is 0.938. The lowest BCUT2D eigenvalue weighted by molar-refractivity contribution is -0.152. The summed E-state index contributed by atoms with van der Waals surface area (Å²) in [7, 11) is 3.67. The first-order chi connectivity index (χ1) is 9.60. The zero-order valence-electron chi connectivity index (χ0n) is 12.6. The number of hydrogen-bond donors (Lipinski definition) is 0. The summed E-state index contributed by atoms with van der Waals surface area (Å²) in [4.78, 5) is 14.7.